The van der Waals surface area contributed by atoms with Crippen LogP contribution in [0.25, 0.3) is 0 Å². The predicted octanol–water partition coefficient (Wildman–Crippen LogP) is -0.283. The van der Waals surface area contributed by atoms with Crippen LogP contribution in [0, 0.1) is 0 Å². The van der Waals surface area contributed by atoms with Gasteiger partial charge in [0.1, 0.15) is 17.7 Å². The van der Waals surface area contributed by atoms with Crippen LogP contribution in [0.2, 0.25) is 0 Å². The number of nitrogens with one attached hydrogen (secondary N) is 1. The van der Waals surface area contributed by atoms with E-state index < -0.39 is 53.4 Å². The molecule has 8 N–H and O–H groups in total. The molecule has 182 valence electrons. The third-order valence-electron chi connectivity index (χ3n) is 4.11. The summed E-state index contributed by atoms with van der Waals surface area (Å²) in [6.07, 6.45) is -0.131. The maximum absolute atomic E-state index is 11.9. The molecule has 1 saturated heterocycles. The Hall–Kier alpha value is -0.840. The number of anilines is 1. The van der Waals surface area contributed by atoms with E-state index in [-0.39, 0.29) is 18.1 Å². The summed E-state index contributed by atoms with van der Waals surface area (Å²) < 4.78 is 53.0. The number of nitrogens with zero attached hydrogens (tertiary/aromatic N) is 3. The molecule has 3 rings (SSSR count). The van der Waals surface area contributed by atoms with Crippen LogP contribution in [-0.2, 0) is 37.3 Å². The summed E-state index contributed by atoms with van der Waals surface area (Å²) in [7, 11) is -16.4. The fourth-order valence-electron chi connectivity index (χ4n) is 3.03. The van der Waals surface area contributed by atoms with Gasteiger partial charge in [-0.2, -0.15) is 21.3 Å². The lowest BCUT2D eigenvalue weighted by Crippen LogP contribution is -2.36. The zero-order valence-corrected chi connectivity index (χ0v) is 19.6. The van der Waals surface area contributed by atoms with Crippen LogP contribution < -0.4 is 11.1 Å². The van der Waals surface area contributed by atoms with Gasteiger partial charge in [-0.05, 0) is 13.3 Å². The molecule has 1 aromatic heterocycles. The number of hydrogen-bond acceptors (Lipinski definition) is 13. The van der Waals surface area contributed by atoms with Crippen LogP contribution in [0.3, 0.4) is 0 Å². The number of thiol groups is 1. The number of imidazole rings is 1. The van der Waals surface area contributed by atoms with Gasteiger partial charge in [-0.15, -0.1) is 0 Å². The fourth-order valence-corrected chi connectivity index (χ4v) is 6.53. The molecule has 1 fully saturated rings. The standard InChI is InChI=1S/C11H20N5O12P3S/c1-11(17)7-8(14-10(12)15-11)16(4-13-7)9-6(32)2-5(26-9)3-25-30(21,22)28-31(23,24)27-29(18,19)20/h4-6,9,17,32H,2-3H2,1H3,(H,21,22)(H,23,24)(H3,12,14,15)(H2,18,19,20)/t5-,6+,9+,11?/m0/s1. The summed E-state index contributed by atoms with van der Waals surface area (Å²) in [6.45, 7) is 0.763. The largest absolute Gasteiger partial charge is 0.490 e. The third-order valence-corrected chi connectivity index (χ3v) is 8.37. The number of aliphatic hydroxyl groups is 1. The van der Waals surface area contributed by atoms with Crippen molar-refractivity contribution >= 4 is 47.9 Å². The van der Waals surface area contributed by atoms with Gasteiger partial charge in [-0.1, -0.05) is 0 Å². The molecular formula is C11H20N5O12P3S. The number of fused-ring (bicyclic) bond motifs is 1. The van der Waals surface area contributed by atoms with Crippen molar-refractivity contribution in [3.8, 4) is 0 Å². The van der Waals surface area contributed by atoms with Crippen molar-refractivity contribution in [2.75, 3.05) is 11.9 Å². The van der Waals surface area contributed by atoms with E-state index in [9.17, 15) is 23.7 Å². The van der Waals surface area contributed by atoms with Crippen LogP contribution >= 0.6 is 36.1 Å². The molecule has 0 bridgehead atoms. The number of phosphoric ester groups is 1. The maximum atomic E-state index is 11.9. The quantitative estimate of drug-likeness (QED) is 0.156. The van der Waals surface area contributed by atoms with Gasteiger partial charge in [-0.25, -0.2) is 23.7 Å². The SMILES string of the molecule is CC1(O)N=C(N)Nc2c1ncn2[C@@H]1O[C@H](COP(=O)(O)OP(=O)(O)OP(=O)(O)O)C[C@H]1S. The van der Waals surface area contributed by atoms with Gasteiger partial charge >= 0.3 is 23.5 Å². The molecular weight excluding hydrogens is 519 g/mol. The monoisotopic (exact) mass is 539 g/mol. The highest BCUT2D eigenvalue weighted by Crippen LogP contribution is 2.66. The Morgan fingerprint density at radius 3 is 2.59 bits per heavy atom. The lowest BCUT2D eigenvalue weighted by atomic mass is 10.1. The van der Waals surface area contributed by atoms with E-state index in [1.54, 1.807) is 0 Å². The molecule has 1 aromatic rings. The van der Waals surface area contributed by atoms with Crippen LogP contribution in [-0.4, -0.2) is 58.2 Å². The molecule has 0 radical (unpaired) electrons. The summed E-state index contributed by atoms with van der Waals surface area (Å²) in [5.41, 5.74) is 4.17. The molecule has 2 aliphatic rings. The number of aromatic nitrogens is 2. The second-order valence-electron chi connectivity index (χ2n) is 6.83. The van der Waals surface area contributed by atoms with Gasteiger partial charge in [-0.3, -0.25) is 9.09 Å². The highest BCUT2D eigenvalue weighted by molar-refractivity contribution is 7.81. The summed E-state index contributed by atoms with van der Waals surface area (Å²) in [6, 6.07) is 0. The lowest BCUT2D eigenvalue weighted by molar-refractivity contribution is -0.0202. The van der Waals surface area contributed by atoms with Crippen molar-refractivity contribution < 1.29 is 56.3 Å². The molecule has 0 aliphatic carbocycles. The minimum Gasteiger partial charge on any atom is -0.370 e. The first-order chi connectivity index (χ1) is 14.5. The lowest BCUT2D eigenvalue weighted by Gasteiger charge is -2.27. The zero-order chi connectivity index (χ0) is 24.1. The molecule has 0 spiro atoms. The van der Waals surface area contributed by atoms with Gasteiger partial charge in [0.2, 0.25) is 5.72 Å². The predicted molar refractivity (Wildman–Crippen MR) is 108 cm³/mol. The Morgan fingerprint density at radius 1 is 1.31 bits per heavy atom. The van der Waals surface area contributed by atoms with Gasteiger partial charge in [0.05, 0.1) is 19.0 Å². The van der Waals surface area contributed by atoms with Crippen molar-refractivity contribution in [2.45, 2.75) is 36.7 Å². The normalized spacial score (nSPS) is 31.8. The van der Waals surface area contributed by atoms with Gasteiger partial charge in [0.15, 0.2) is 5.96 Å². The molecule has 0 saturated carbocycles. The first-order valence-corrected chi connectivity index (χ1v) is 13.6. The zero-order valence-electron chi connectivity index (χ0n) is 16.0. The summed E-state index contributed by atoms with van der Waals surface area (Å²) in [5.74, 6) is 0.224. The number of rotatable bonds is 8. The van der Waals surface area contributed by atoms with Crippen molar-refractivity contribution in [3.05, 3.63) is 12.0 Å². The Balaban J connectivity index is 1.65. The Morgan fingerprint density at radius 2 is 1.97 bits per heavy atom. The minimum absolute atomic E-state index is 0.0674. The van der Waals surface area contributed by atoms with Crippen molar-refractivity contribution in [2.24, 2.45) is 10.7 Å². The van der Waals surface area contributed by atoms with Crippen LogP contribution in [0.4, 0.5) is 5.82 Å². The first kappa shape index (κ1) is 25.8. The van der Waals surface area contributed by atoms with Gasteiger partial charge in [0.25, 0.3) is 0 Å². The highest BCUT2D eigenvalue weighted by Gasteiger charge is 2.43. The van der Waals surface area contributed by atoms with Crippen LogP contribution in [0.15, 0.2) is 11.3 Å². The summed E-state index contributed by atoms with van der Waals surface area (Å²) in [4.78, 5) is 43.7. The molecule has 3 unspecified atom stereocenters. The molecule has 0 amide bonds. The molecule has 17 nitrogen and oxygen atoms in total. The highest BCUT2D eigenvalue weighted by atomic mass is 32.1. The minimum atomic E-state index is -5.62. The average Bonchev–Trinajstić information content (AvgIpc) is 3.12. The van der Waals surface area contributed by atoms with E-state index in [2.05, 4.69) is 41.1 Å². The number of ether oxygens (including phenoxy) is 1. The topological polar surface area (TPSA) is 258 Å². The second kappa shape index (κ2) is 8.74. The Kier molecular flexibility index (Phi) is 7.04. The molecule has 32 heavy (non-hydrogen) atoms. The smallest absolute Gasteiger partial charge is 0.370 e. The van der Waals surface area contributed by atoms with E-state index in [0.29, 0.717) is 5.82 Å². The summed E-state index contributed by atoms with van der Waals surface area (Å²) in [5, 5.41) is 12.6. The van der Waals surface area contributed by atoms with E-state index in [0.717, 1.165) is 0 Å². The molecule has 3 heterocycles. The maximum Gasteiger partial charge on any atom is 0.490 e. The molecule has 21 heteroatoms. The Labute approximate surface area is 185 Å². The number of nitrogens with two attached hydrogens (primary N) is 1. The van der Waals surface area contributed by atoms with Crippen molar-refractivity contribution in [3.63, 3.8) is 0 Å². The number of hydrogen-bond donors (Lipinski definition) is 8. The number of phosphoric acid groups is 3. The van der Waals surface area contributed by atoms with Gasteiger partial charge in [0, 0.05) is 5.25 Å². The second-order valence-corrected chi connectivity index (χ2v) is 11.9. The average molecular weight is 539 g/mol. The van der Waals surface area contributed by atoms with E-state index >= 15 is 0 Å². The fraction of sp³-hybridized carbons (Fsp3) is 0.636. The Bertz CT molecular complexity index is 1060. The van der Waals surface area contributed by atoms with E-state index in [4.69, 9.17) is 25.2 Å². The van der Waals surface area contributed by atoms with Crippen LogP contribution in [0.5, 0.6) is 0 Å². The van der Waals surface area contributed by atoms with Crippen molar-refractivity contribution in [1.82, 2.24) is 9.55 Å². The molecule has 6 atom stereocenters. The molecule has 0 aromatic carbocycles. The number of aliphatic imine (C=N–C) groups is 1. The summed E-state index contributed by atoms with van der Waals surface area (Å²) >= 11 is 4.41. The molecule has 2 aliphatic heterocycles. The first-order valence-electron chi connectivity index (χ1n) is 8.52. The van der Waals surface area contributed by atoms with E-state index in [1.807, 2.05) is 0 Å². The van der Waals surface area contributed by atoms with Crippen LogP contribution in [0.1, 0.15) is 25.3 Å². The van der Waals surface area contributed by atoms with Crippen molar-refractivity contribution in [1.29, 1.82) is 0 Å². The number of guanidine groups is 1. The van der Waals surface area contributed by atoms with E-state index in [1.165, 1.54) is 17.8 Å². The third kappa shape index (κ3) is 6.18. The van der Waals surface area contributed by atoms with Gasteiger partial charge < -0.3 is 40.5 Å².